The fourth-order valence-electron chi connectivity index (χ4n) is 1.97. The van der Waals surface area contributed by atoms with Crippen molar-refractivity contribution < 1.29 is 10.3 Å². The number of phenols is 1. The summed E-state index contributed by atoms with van der Waals surface area (Å²) in [4.78, 5) is 0. The normalized spacial score (nSPS) is 13.7. The van der Waals surface area contributed by atoms with Crippen LogP contribution < -0.4 is 0 Å². The van der Waals surface area contributed by atoms with Gasteiger partial charge in [0.25, 0.3) is 0 Å². The van der Waals surface area contributed by atoms with Crippen LogP contribution in [0.4, 0.5) is 0 Å². The van der Waals surface area contributed by atoms with E-state index in [1.807, 2.05) is 12.1 Å². The number of aromatic hydroxyl groups is 1. The van der Waals surface area contributed by atoms with Crippen LogP contribution in [-0.2, 0) is 10.8 Å². The molecule has 19 heavy (non-hydrogen) atoms. The third-order valence-corrected chi connectivity index (χ3v) is 3.32. The molecule has 0 saturated carbocycles. The molecule has 0 fully saturated rings. The second-order valence-corrected chi connectivity index (χ2v) is 7.11. The molecule has 0 spiro atoms. The Morgan fingerprint density at radius 2 is 1.53 bits per heavy atom. The van der Waals surface area contributed by atoms with E-state index in [1.165, 1.54) is 0 Å². The molecule has 3 nitrogen and oxygen atoms in total. The molecule has 1 rings (SSSR count). The number of hydrogen-bond donors (Lipinski definition) is 2. The Bertz CT molecular complexity index is 503. The second kappa shape index (κ2) is 4.87. The minimum Gasteiger partial charge on any atom is -0.507 e. The summed E-state index contributed by atoms with van der Waals surface area (Å²) < 4.78 is 0. The number of rotatable bonds is 1. The van der Waals surface area contributed by atoms with E-state index in [4.69, 9.17) is 5.21 Å². The van der Waals surface area contributed by atoms with Crippen LogP contribution in [0.15, 0.2) is 17.3 Å². The van der Waals surface area contributed by atoms with Crippen LogP contribution in [0.25, 0.3) is 0 Å². The maximum Gasteiger partial charge on any atom is 0.128 e. The van der Waals surface area contributed by atoms with Gasteiger partial charge in [-0.25, -0.2) is 0 Å². The van der Waals surface area contributed by atoms with Crippen molar-refractivity contribution in [1.82, 2.24) is 0 Å². The Morgan fingerprint density at radius 1 is 1.00 bits per heavy atom. The number of oxime groups is 1. The van der Waals surface area contributed by atoms with E-state index >= 15 is 0 Å². The lowest BCUT2D eigenvalue weighted by molar-refractivity contribution is 0.318. The first kappa shape index (κ1) is 15.5. The predicted octanol–water partition coefficient (Wildman–Crippen LogP) is 4.19. The molecule has 0 atom stereocenters. The van der Waals surface area contributed by atoms with Gasteiger partial charge in [0, 0.05) is 11.1 Å². The molecule has 3 heteroatoms. The summed E-state index contributed by atoms with van der Waals surface area (Å²) in [7, 11) is 0. The fourth-order valence-corrected chi connectivity index (χ4v) is 1.97. The van der Waals surface area contributed by atoms with Crippen LogP contribution in [0.3, 0.4) is 0 Å². The molecule has 0 heterocycles. The maximum absolute atomic E-state index is 10.4. The van der Waals surface area contributed by atoms with Gasteiger partial charge in [-0.05, 0) is 29.4 Å². The lowest BCUT2D eigenvalue weighted by Crippen LogP contribution is -2.18. The summed E-state index contributed by atoms with van der Waals surface area (Å²) in [5.41, 5.74) is 2.81. The van der Waals surface area contributed by atoms with Gasteiger partial charge in [-0.3, -0.25) is 0 Å². The zero-order valence-corrected chi connectivity index (χ0v) is 13.0. The molecule has 2 N–H and O–H groups in total. The highest BCUT2D eigenvalue weighted by atomic mass is 16.4. The van der Waals surface area contributed by atoms with Crippen LogP contribution in [0, 0.1) is 0 Å². The molecule has 0 aliphatic carbocycles. The van der Waals surface area contributed by atoms with Gasteiger partial charge in [-0.1, -0.05) is 52.8 Å². The standard InChI is InChI=1S/C16H25NO2/c1-10(17-19)12-8-11(15(2,3)4)9-13(14(12)18)16(5,6)7/h8-9,18-19H,1-7H3/b17-10+. The first-order valence-electron chi connectivity index (χ1n) is 6.55. The van der Waals surface area contributed by atoms with Crippen molar-refractivity contribution in [1.29, 1.82) is 0 Å². The molecule has 0 aliphatic rings. The van der Waals surface area contributed by atoms with Gasteiger partial charge in [0.2, 0.25) is 0 Å². The highest BCUT2D eigenvalue weighted by Gasteiger charge is 2.25. The maximum atomic E-state index is 10.4. The lowest BCUT2D eigenvalue weighted by atomic mass is 9.78. The van der Waals surface area contributed by atoms with Gasteiger partial charge >= 0.3 is 0 Å². The number of phenolic OH excluding ortho intramolecular Hbond substituents is 1. The van der Waals surface area contributed by atoms with Crippen molar-refractivity contribution in [3.63, 3.8) is 0 Å². The van der Waals surface area contributed by atoms with Crippen molar-refractivity contribution in [3.8, 4) is 5.75 Å². The van der Waals surface area contributed by atoms with E-state index in [0.717, 1.165) is 11.1 Å². The fraction of sp³-hybridized carbons (Fsp3) is 0.562. The summed E-state index contributed by atoms with van der Waals surface area (Å²) in [6, 6.07) is 3.95. The van der Waals surface area contributed by atoms with Gasteiger partial charge < -0.3 is 10.3 Å². The summed E-state index contributed by atoms with van der Waals surface area (Å²) in [6.07, 6.45) is 0. The second-order valence-electron chi connectivity index (χ2n) is 7.11. The minimum absolute atomic E-state index is 0.0296. The van der Waals surface area contributed by atoms with E-state index in [9.17, 15) is 5.11 Å². The molecule has 0 radical (unpaired) electrons. The van der Waals surface area contributed by atoms with Gasteiger partial charge in [-0.15, -0.1) is 0 Å². The Hall–Kier alpha value is -1.51. The molecule has 0 aromatic heterocycles. The Balaban J connectivity index is 3.67. The topological polar surface area (TPSA) is 52.8 Å². The zero-order valence-electron chi connectivity index (χ0n) is 13.0. The van der Waals surface area contributed by atoms with E-state index in [2.05, 4.69) is 46.7 Å². The van der Waals surface area contributed by atoms with Crippen molar-refractivity contribution in [2.45, 2.75) is 59.3 Å². The third kappa shape index (κ3) is 3.28. The first-order valence-corrected chi connectivity index (χ1v) is 6.55. The SMILES string of the molecule is C/C(=N\O)c1cc(C(C)(C)C)cc(C(C)(C)C)c1O. The number of benzene rings is 1. The van der Waals surface area contributed by atoms with Crippen LogP contribution in [0.1, 0.15) is 65.2 Å². The first-order chi connectivity index (χ1) is 8.48. The summed E-state index contributed by atoms with van der Waals surface area (Å²) in [5.74, 6) is 0.204. The van der Waals surface area contributed by atoms with Crippen LogP contribution in [0.5, 0.6) is 5.75 Å². The molecular weight excluding hydrogens is 238 g/mol. The largest absolute Gasteiger partial charge is 0.507 e. The molecular formula is C16H25NO2. The molecule has 0 bridgehead atoms. The van der Waals surface area contributed by atoms with Crippen LogP contribution in [-0.4, -0.2) is 16.0 Å². The van der Waals surface area contributed by atoms with E-state index in [1.54, 1.807) is 6.92 Å². The van der Waals surface area contributed by atoms with Crippen molar-refractivity contribution in [2.75, 3.05) is 0 Å². The molecule has 1 aromatic carbocycles. The Morgan fingerprint density at radius 3 is 1.89 bits per heavy atom. The van der Waals surface area contributed by atoms with Gasteiger partial charge in [0.1, 0.15) is 5.75 Å². The predicted molar refractivity (Wildman–Crippen MR) is 79.5 cm³/mol. The van der Waals surface area contributed by atoms with E-state index in [0.29, 0.717) is 11.3 Å². The molecule has 1 aromatic rings. The van der Waals surface area contributed by atoms with Crippen LogP contribution >= 0.6 is 0 Å². The smallest absolute Gasteiger partial charge is 0.128 e. The summed E-state index contributed by atoms with van der Waals surface area (Å²) in [5, 5.41) is 22.6. The lowest BCUT2D eigenvalue weighted by Gasteiger charge is -2.27. The summed E-state index contributed by atoms with van der Waals surface area (Å²) >= 11 is 0. The van der Waals surface area contributed by atoms with Crippen molar-refractivity contribution >= 4 is 5.71 Å². The van der Waals surface area contributed by atoms with Gasteiger partial charge in [0.15, 0.2) is 0 Å². The average molecular weight is 263 g/mol. The molecule has 0 aliphatic heterocycles. The van der Waals surface area contributed by atoms with Gasteiger partial charge in [-0.2, -0.15) is 0 Å². The van der Waals surface area contributed by atoms with Crippen molar-refractivity contribution in [2.24, 2.45) is 5.16 Å². The highest BCUT2D eigenvalue weighted by molar-refractivity contribution is 6.01. The van der Waals surface area contributed by atoms with Crippen LogP contribution in [0.2, 0.25) is 0 Å². The number of nitrogens with zero attached hydrogens (tertiary/aromatic N) is 1. The molecule has 0 unspecified atom stereocenters. The Labute approximate surface area is 116 Å². The Kier molecular flexibility index (Phi) is 3.99. The third-order valence-electron chi connectivity index (χ3n) is 3.32. The minimum atomic E-state index is -0.171. The average Bonchev–Trinajstić information content (AvgIpc) is 2.25. The van der Waals surface area contributed by atoms with Crippen molar-refractivity contribution in [3.05, 3.63) is 28.8 Å². The monoisotopic (exact) mass is 263 g/mol. The quantitative estimate of drug-likeness (QED) is 0.453. The van der Waals surface area contributed by atoms with E-state index < -0.39 is 0 Å². The molecule has 0 amide bonds. The summed E-state index contributed by atoms with van der Waals surface area (Å²) in [6.45, 7) is 14.2. The molecule has 0 saturated heterocycles. The zero-order chi connectivity index (χ0) is 15.0. The highest BCUT2D eigenvalue weighted by Crippen LogP contribution is 2.37. The van der Waals surface area contributed by atoms with Gasteiger partial charge in [0.05, 0.1) is 5.71 Å². The number of hydrogen-bond acceptors (Lipinski definition) is 3. The molecule has 106 valence electrons. The van der Waals surface area contributed by atoms with E-state index in [-0.39, 0.29) is 16.6 Å².